The summed E-state index contributed by atoms with van der Waals surface area (Å²) in [7, 11) is 1.65. The van der Waals surface area contributed by atoms with E-state index in [1.165, 1.54) is 19.3 Å². The van der Waals surface area contributed by atoms with Gasteiger partial charge in [-0.25, -0.2) is 4.98 Å². The number of para-hydroxylation sites is 1. The zero-order valence-electron chi connectivity index (χ0n) is 15.0. The van der Waals surface area contributed by atoms with Crippen molar-refractivity contribution in [1.29, 1.82) is 0 Å². The Labute approximate surface area is 144 Å². The molecule has 1 unspecified atom stereocenters. The average Bonchev–Trinajstić information content (AvgIpc) is 2.60. The van der Waals surface area contributed by atoms with E-state index in [2.05, 4.69) is 19.2 Å². The number of benzene rings is 1. The van der Waals surface area contributed by atoms with Gasteiger partial charge in [-0.05, 0) is 32.0 Å². The summed E-state index contributed by atoms with van der Waals surface area (Å²) in [5.74, 6) is 0.784. The van der Waals surface area contributed by atoms with Gasteiger partial charge in [0.2, 0.25) is 0 Å². The summed E-state index contributed by atoms with van der Waals surface area (Å²) in [5, 5.41) is 4.16. The van der Waals surface area contributed by atoms with Crippen molar-refractivity contribution in [2.45, 2.75) is 52.1 Å². The van der Waals surface area contributed by atoms with Crippen LogP contribution in [0.4, 0.5) is 0 Å². The Morgan fingerprint density at radius 3 is 2.79 bits per heavy atom. The second kappa shape index (κ2) is 9.55. The number of nitrogens with one attached hydrogen (secondary N) is 1. The molecule has 0 aliphatic carbocycles. The van der Waals surface area contributed by atoms with Crippen LogP contribution in [0.5, 0.6) is 0 Å². The van der Waals surface area contributed by atoms with Crippen LogP contribution in [0.15, 0.2) is 29.1 Å². The maximum absolute atomic E-state index is 12.8. The van der Waals surface area contributed by atoms with Crippen molar-refractivity contribution in [3.8, 4) is 0 Å². The lowest BCUT2D eigenvalue weighted by Crippen LogP contribution is -2.32. The number of aromatic nitrogens is 2. The quantitative estimate of drug-likeness (QED) is 0.679. The average molecular weight is 331 g/mol. The fourth-order valence-corrected chi connectivity index (χ4v) is 2.88. The van der Waals surface area contributed by atoms with E-state index in [1.807, 2.05) is 24.3 Å². The lowest BCUT2D eigenvalue weighted by molar-refractivity contribution is 0.184. The highest BCUT2D eigenvalue weighted by atomic mass is 16.5. The van der Waals surface area contributed by atoms with E-state index < -0.39 is 0 Å². The first-order chi connectivity index (χ1) is 11.7. The van der Waals surface area contributed by atoms with Crippen molar-refractivity contribution in [3.05, 3.63) is 40.4 Å². The molecule has 0 spiro atoms. The normalized spacial score (nSPS) is 12.6. The zero-order chi connectivity index (χ0) is 17.4. The van der Waals surface area contributed by atoms with Crippen molar-refractivity contribution in [2.75, 3.05) is 20.3 Å². The molecule has 0 bridgehead atoms. The van der Waals surface area contributed by atoms with E-state index >= 15 is 0 Å². The summed E-state index contributed by atoms with van der Waals surface area (Å²) in [6, 6.07) is 7.55. The van der Waals surface area contributed by atoms with Gasteiger partial charge in [0.05, 0.1) is 30.1 Å². The standard InChI is InChI=1S/C19H29N3O2/c1-4-5-6-9-12-20-15(2)18-21-17-11-8-7-10-16(17)19(23)22(18)13-14-24-3/h7-8,10-11,15,20H,4-6,9,12-14H2,1-3H3. The number of nitrogens with zero attached hydrogens (tertiary/aromatic N) is 2. The van der Waals surface area contributed by atoms with Crippen molar-refractivity contribution >= 4 is 10.9 Å². The summed E-state index contributed by atoms with van der Waals surface area (Å²) >= 11 is 0. The van der Waals surface area contributed by atoms with E-state index in [4.69, 9.17) is 9.72 Å². The minimum absolute atomic E-state index is 0.00674. The van der Waals surface area contributed by atoms with Crippen molar-refractivity contribution in [2.24, 2.45) is 0 Å². The van der Waals surface area contributed by atoms with Crippen LogP contribution < -0.4 is 10.9 Å². The van der Waals surface area contributed by atoms with Gasteiger partial charge in [-0.1, -0.05) is 38.3 Å². The van der Waals surface area contributed by atoms with E-state index in [0.29, 0.717) is 18.5 Å². The molecule has 1 N–H and O–H groups in total. The Balaban J connectivity index is 2.24. The molecule has 24 heavy (non-hydrogen) atoms. The molecule has 0 aliphatic heterocycles. The van der Waals surface area contributed by atoms with Gasteiger partial charge in [-0.2, -0.15) is 0 Å². The SMILES string of the molecule is CCCCCCNC(C)c1nc2ccccc2c(=O)n1CCOC. The summed E-state index contributed by atoms with van der Waals surface area (Å²) in [6.45, 7) is 6.23. The van der Waals surface area contributed by atoms with Gasteiger partial charge in [-0.15, -0.1) is 0 Å². The maximum Gasteiger partial charge on any atom is 0.261 e. The first kappa shape index (κ1) is 18.6. The summed E-state index contributed by atoms with van der Waals surface area (Å²) in [6.07, 6.45) is 4.88. The van der Waals surface area contributed by atoms with Crippen LogP contribution in [0.2, 0.25) is 0 Å². The molecule has 0 fully saturated rings. The van der Waals surface area contributed by atoms with Crippen LogP contribution in [-0.2, 0) is 11.3 Å². The molecular weight excluding hydrogens is 302 g/mol. The Morgan fingerprint density at radius 2 is 2.04 bits per heavy atom. The van der Waals surface area contributed by atoms with E-state index in [9.17, 15) is 4.79 Å². The van der Waals surface area contributed by atoms with Gasteiger partial charge in [0.15, 0.2) is 0 Å². The predicted molar refractivity (Wildman–Crippen MR) is 98.4 cm³/mol. The van der Waals surface area contributed by atoms with Crippen molar-refractivity contribution in [3.63, 3.8) is 0 Å². The number of rotatable bonds is 10. The molecule has 1 aromatic carbocycles. The first-order valence-electron chi connectivity index (χ1n) is 8.90. The summed E-state index contributed by atoms with van der Waals surface area (Å²) < 4.78 is 6.91. The third-order valence-electron chi connectivity index (χ3n) is 4.28. The number of methoxy groups -OCH3 is 1. The number of hydrogen-bond donors (Lipinski definition) is 1. The molecule has 132 valence electrons. The zero-order valence-corrected chi connectivity index (χ0v) is 15.0. The fraction of sp³-hybridized carbons (Fsp3) is 0.579. The smallest absolute Gasteiger partial charge is 0.261 e. The molecule has 2 aromatic rings. The molecule has 0 saturated carbocycles. The summed E-state index contributed by atoms with van der Waals surface area (Å²) in [5.41, 5.74) is 0.762. The summed E-state index contributed by atoms with van der Waals surface area (Å²) in [4.78, 5) is 17.6. The lowest BCUT2D eigenvalue weighted by Gasteiger charge is -2.19. The monoisotopic (exact) mass is 331 g/mol. The number of unbranched alkanes of at least 4 members (excludes halogenated alkanes) is 3. The molecule has 1 atom stereocenters. The highest BCUT2D eigenvalue weighted by Gasteiger charge is 2.15. The lowest BCUT2D eigenvalue weighted by atomic mass is 10.2. The Kier molecular flexibility index (Phi) is 7.40. The fourth-order valence-electron chi connectivity index (χ4n) is 2.88. The highest BCUT2D eigenvalue weighted by Crippen LogP contribution is 2.14. The Morgan fingerprint density at radius 1 is 1.25 bits per heavy atom. The van der Waals surface area contributed by atoms with E-state index in [1.54, 1.807) is 11.7 Å². The second-order valence-corrected chi connectivity index (χ2v) is 6.17. The first-order valence-corrected chi connectivity index (χ1v) is 8.90. The molecular formula is C19H29N3O2. The molecule has 0 saturated heterocycles. The molecule has 2 rings (SSSR count). The third kappa shape index (κ3) is 4.65. The second-order valence-electron chi connectivity index (χ2n) is 6.17. The number of hydrogen-bond acceptors (Lipinski definition) is 4. The van der Waals surface area contributed by atoms with Crippen LogP contribution in [0, 0.1) is 0 Å². The minimum atomic E-state index is 0.00674. The van der Waals surface area contributed by atoms with Crippen LogP contribution >= 0.6 is 0 Å². The number of fused-ring (bicyclic) bond motifs is 1. The molecule has 1 heterocycles. The molecule has 5 nitrogen and oxygen atoms in total. The largest absolute Gasteiger partial charge is 0.383 e. The minimum Gasteiger partial charge on any atom is -0.383 e. The predicted octanol–water partition coefficient (Wildman–Crippen LogP) is 3.27. The van der Waals surface area contributed by atoms with Crippen molar-refractivity contribution in [1.82, 2.24) is 14.9 Å². The van der Waals surface area contributed by atoms with Crippen LogP contribution in [0.3, 0.4) is 0 Å². The number of ether oxygens (including phenoxy) is 1. The molecule has 0 amide bonds. The van der Waals surface area contributed by atoms with Gasteiger partial charge in [0.25, 0.3) is 5.56 Å². The van der Waals surface area contributed by atoms with Crippen LogP contribution in [-0.4, -0.2) is 29.8 Å². The van der Waals surface area contributed by atoms with Crippen LogP contribution in [0.25, 0.3) is 10.9 Å². The third-order valence-corrected chi connectivity index (χ3v) is 4.28. The Hall–Kier alpha value is -1.72. The van der Waals surface area contributed by atoms with Crippen LogP contribution in [0.1, 0.15) is 51.4 Å². The van der Waals surface area contributed by atoms with E-state index in [-0.39, 0.29) is 11.6 Å². The topological polar surface area (TPSA) is 56.2 Å². The van der Waals surface area contributed by atoms with Gasteiger partial charge in [0.1, 0.15) is 5.82 Å². The molecule has 1 aromatic heterocycles. The van der Waals surface area contributed by atoms with E-state index in [0.717, 1.165) is 24.3 Å². The maximum atomic E-state index is 12.8. The van der Waals surface area contributed by atoms with Gasteiger partial charge in [0, 0.05) is 7.11 Å². The Bertz CT molecular complexity index is 697. The molecule has 0 aliphatic rings. The molecule has 5 heteroatoms. The van der Waals surface area contributed by atoms with Gasteiger partial charge >= 0.3 is 0 Å². The van der Waals surface area contributed by atoms with Gasteiger partial charge in [-0.3, -0.25) is 9.36 Å². The highest BCUT2D eigenvalue weighted by molar-refractivity contribution is 5.77. The van der Waals surface area contributed by atoms with Crippen molar-refractivity contribution < 1.29 is 4.74 Å². The molecule has 0 radical (unpaired) electrons. The van der Waals surface area contributed by atoms with Gasteiger partial charge < -0.3 is 10.1 Å².